The van der Waals surface area contributed by atoms with Gasteiger partial charge in [0.2, 0.25) is 0 Å². The van der Waals surface area contributed by atoms with Crippen LogP contribution in [0.4, 0.5) is 0 Å². The lowest BCUT2D eigenvalue weighted by Gasteiger charge is -1.94. The number of benzene rings is 1. The van der Waals surface area contributed by atoms with Gasteiger partial charge in [-0.3, -0.25) is 4.79 Å². The molecule has 1 aromatic heterocycles. The Balaban J connectivity index is 2.86. The number of carbonyl (C=O) groups is 1. The molecule has 0 N–H and O–H groups in total. The molecule has 0 unspecified atom stereocenters. The summed E-state index contributed by atoms with van der Waals surface area (Å²) in [7, 11) is 0. The molecule has 14 heavy (non-hydrogen) atoms. The lowest BCUT2D eigenvalue weighted by atomic mass is 10.1. The minimum Gasteiger partial charge on any atom is -0.323 e. The second-order valence-electron chi connectivity index (χ2n) is 3.21. The maximum atomic E-state index is 11.3. The summed E-state index contributed by atoms with van der Waals surface area (Å²) in [5.41, 5.74) is 1.77. The summed E-state index contributed by atoms with van der Waals surface area (Å²) >= 11 is 0. The van der Waals surface area contributed by atoms with Crippen molar-refractivity contribution in [3.05, 3.63) is 42.6 Å². The fourth-order valence-electron chi connectivity index (χ4n) is 1.64. The lowest BCUT2D eigenvalue weighted by molar-refractivity contribution is 0.101. The number of hydrogen-bond donors (Lipinski definition) is 0. The summed E-state index contributed by atoms with van der Waals surface area (Å²) in [6, 6.07) is 7.81. The number of Topliss-reactive ketones (excluding diaryl/α,β-unsaturated/α-hetero) is 1. The fourth-order valence-corrected chi connectivity index (χ4v) is 1.64. The Morgan fingerprint density at radius 1 is 1.43 bits per heavy atom. The molecule has 2 nitrogen and oxygen atoms in total. The molecule has 2 heteroatoms. The first kappa shape index (κ1) is 8.75. The van der Waals surface area contributed by atoms with Gasteiger partial charge >= 0.3 is 0 Å². The number of aromatic nitrogens is 1. The zero-order valence-corrected chi connectivity index (χ0v) is 8.03. The van der Waals surface area contributed by atoms with Gasteiger partial charge in [0.25, 0.3) is 0 Å². The molecule has 0 aliphatic rings. The SMILES string of the molecule is C=Cn1cc(C(C)=O)c2ccccc21. The number of fused-ring (bicyclic) bond motifs is 1. The molecule has 0 amide bonds. The van der Waals surface area contributed by atoms with E-state index in [1.807, 2.05) is 35.0 Å². The molecule has 0 saturated heterocycles. The summed E-state index contributed by atoms with van der Waals surface area (Å²) in [6.07, 6.45) is 3.52. The molecule has 2 rings (SSSR count). The standard InChI is InChI=1S/C12H11NO/c1-3-13-8-11(9(2)14)10-6-4-5-7-12(10)13/h3-8H,1H2,2H3. The number of nitrogens with zero attached hydrogens (tertiary/aromatic N) is 1. The molecule has 2 aromatic rings. The van der Waals surface area contributed by atoms with E-state index in [0.29, 0.717) is 0 Å². The minimum atomic E-state index is 0.0850. The van der Waals surface area contributed by atoms with E-state index >= 15 is 0 Å². The average molecular weight is 185 g/mol. The van der Waals surface area contributed by atoms with E-state index in [9.17, 15) is 4.79 Å². The van der Waals surface area contributed by atoms with Gasteiger partial charge in [-0.05, 0) is 13.0 Å². The summed E-state index contributed by atoms with van der Waals surface area (Å²) in [4.78, 5) is 11.3. The Morgan fingerprint density at radius 3 is 2.79 bits per heavy atom. The number of ketones is 1. The van der Waals surface area contributed by atoms with E-state index in [1.54, 1.807) is 13.1 Å². The third kappa shape index (κ3) is 1.16. The van der Waals surface area contributed by atoms with Gasteiger partial charge < -0.3 is 4.57 Å². The Labute approximate surface area is 82.5 Å². The molecule has 0 radical (unpaired) electrons. The van der Waals surface area contributed by atoms with Gasteiger partial charge in [-0.25, -0.2) is 0 Å². The zero-order valence-electron chi connectivity index (χ0n) is 8.03. The van der Waals surface area contributed by atoms with Crippen molar-refractivity contribution < 1.29 is 4.79 Å². The number of rotatable bonds is 2. The van der Waals surface area contributed by atoms with Crippen LogP contribution in [0.2, 0.25) is 0 Å². The number of hydrogen-bond acceptors (Lipinski definition) is 1. The van der Waals surface area contributed by atoms with Crippen LogP contribution in [0.3, 0.4) is 0 Å². The summed E-state index contributed by atoms with van der Waals surface area (Å²) < 4.78 is 1.87. The van der Waals surface area contributed by atoms with Crippen LogP contribution in [-0.2, 0) is 0 Å². The van der Waals surface area contributed by atoms with Crippen LogP contribution in [0.25, 0.3) is 17.1 Å². The molecule has 0 bridgehead atoms. The van der Waals surface area contributed by atoms with Gasteiger partial charge in [0.1, 0.15) is 0 Å². The van der Waals surface area contributed by atoms with Gasteiger partial charge in [0, 0.05) is 23.3 Å². The monoisotopic (exact) mass is 185 g/mol. The van der Waals surface area contributed by atoms with Crippen molar-refractivity contribution in [2.75, 3.05) is 0 Å². The molecule has 0 atom stereocenters. The maximum Gasteiger partial charge on any atom is 0.161 e. The van der Waals surface area contributed by atoms with Crippen LogP contribution in [0.15, 0.2) is 37.0 Å². The van der Waals surface area contributed by atoms with Crippen LogP contribution >= 0.6 is 0 Å². The van der Waals surface area contributed by atoms with Crippen LogP contribution in [0.1, 0.15) is 17.3 Å². The van der Waals surface area contributed by atoms with Crippen LogP contribution in [-0.4, -0.2) is 10.4 Å². The first-order valence-electron chi connectivity index (χ1n) is 4.47. The van der Waals surface area contributed by atoms with E-state index in [1.165, 1.54) is 0 Å². The van der Waals surface area contributed by atoms with E-state index in [2.05, 4.69) is 6.58 Å². The lowest BCUT2D eigenvalue weighted by Crippen LogP contribution is -1.88. The molecule has 1 aromatic carbocycles. The third-order valence-corrected chi connectivity index (χ3v) is 2.32. The Bertz CT molecular complexity index is 508. The number of carbonyl (C=O) groups excluding carboxylic acids is 1. The second-order valence-corrected chi connectivity index (χ2v) is 3.21. The van der Waals surface area contributed by atoms with Gasteiger partial charge in [0.05, 0.1) is 5.52 Å². The van der Waals surface area contributed by atoms with Gasteiger partial charge in [-0.1, -0.05) is 24.8 Å². The highest BCUT2D eigenvalue weighted by Gasteiger charge is 2.09. The van der Waals surface area contributed by atoms with Crippen molar-refractivity contribution in [2.24, 2.45) is 0 Å². The Kier molecular flexibility index (Phi) is 1.97. The van der Waals surface area contributed by atoms with Gasteiger partial charge in [-0.15, -0.1) is 0 Å². The van der Waals surface area contributed by atoms with E-state index in [-0.39, 0.29) is 5.78 Å². The van der Waals surface area contributed by atoms with Gasteiger partial charge in [0.15, 0.2) is 5.78 Å². The molecular weight excluding hydrogens is 174 g/mol. The van der Waals surface area contributed by atoms with E-state index in [0.717, 1.165) is 16.5 Å². The highest BCUT2D eigenvalue weighted by atomic mass is 16.1. The summed E-state index contributed by atoms with van der Waals surface area (Å²) in [6.45, 7) is 5.28. The topological polar surface area (TPSA) is 22.0 Å². The van der Waals surface area contributed by atoms with Crippen LogP contribution in [0, 0.1) is 0 Å². The van der Waals surface area contributed by atoms with Crippen molar-refractivity contribution in [3.8, 4) is 0 Å². The molecule has 0 saturated carbocycles. The van der Waals surface area contributed by atoms with E-state index in [4.69, 9.17) is 0 Å². The molecule has 70 valence electrons. The molecule has 0 fully saturated rings. The van der Waals surface area contributed by atoms with Crippen LogP contribution in [0.5, 0.6) is 0 Å². The highest BCUT2D eigenvalue weighted by Crippen LogP contribution is 2.21. The zero-order chi connectivity index (χ0) is 10.1. The molecule has 0 aliphatic carbocycles. The predicted molar refractivity (Wildman–Crippen MR) is 58.3 cm³/mol. The van der Waals surface area contributed by atoms with Crippen molar-refractivity contribution >= 4 is 22.9 Å². The Morgan fingerprint density at radius 2 is 2.14 bits per heavy atom. The number of para-hydroxylation sites is 1. The quantitative estimate of drug-likeness (QED) is 0.659. The fraction of sp³-hybridized carbons (Fsp3) is 0.0833. The van der Waals surface area contributed by atoms with Crippen molar-refractivity contribution in [2.45, 2.75) is 6.92 Å². The first-order valence-corrected chi connectivity index (χ1v) is 4.47. The van der Waals surface area contributed by atoms with Crippen molar-refractivity contribution in [1.82, 2.24) is 4.57 Å². The smallest absolute Gasteiger partial charge is 0.161 e. The largest absolute Gasteiger partial charge is 0.323 e. The normalized spacial score (nSPS) is 10.4. The Hall–Kier alpha value is -1.83. The maximum absolute atomic E-state index is 11.3. The molecule has 0 spiro atoms. The van der Waals surface area contributed by atoms with E-state index < -0.39 is 0 Å². The second kappa shape index (κ2) is 3.14. The van der Waals surface area contributed by atoms with Crippen LogP contribution < -0.4 is 0 Å². The molecule has 1 heterocycles. The van der Waals surface area contributed by atoms with Gasteiger partial charge in [-0.2, -0.15) is 0 Å². The average Bonchev–Trinajstić information content (AvgIpc) is 2.56. The first-order chi connectivity index (χ1) is 6.74. The summed E-state index contributed by atoms with van der Waals surface area (Å²) in [5.74, 6) is 0.0850. The summed E-state index contributed by atoms with van der Waals surface area (Å²) in [5, 5.41) is 0.986. The predicted octanol–water partition coefficient (Wildman–Crippen LogP) is 2.94. The van der Waals surface area contributed by atoms with Crippen molar-refractivity contribution in [3.63, 3.8) is 0 Å². The van der Waals surface area contributed by atoms with Crippen molar-refractivity contribution in [1.29, 1.82) is 0 Å². The minimum absolute atomic E-state index is 0.0850. The molecular formula is C12H11NO. The molecule has 0 aliphatic heterocycles. The highest BCUT2D eigenvalue weighted by molar-refractivity contribution is 6.07. The third-order valence-electron chi connectivity index (χ3n) is 2.32.